The molecule has 2 aromatic rings. The van der Waals surface area contributed by atoms with Gasteiger partial charge in [0, 0.05) is 34.1 Å². The van der Waals surface area contributed by atoms with Crippen LogP contribution in [0.2, 0.25) is 0 Å². The van der Waals surface area contributed by atoms with E-state index in [2.05, 4.69) is 128 Å². The second-order valence-electron chi connectivity index (χ2n) is 17.0. The van der Waals surface area contributed by atoms with E-state index < -0.39 is 7.94 Å². The monoisotopic (exact) mass is 597 g/mol. The molecule has 1 heterocycles. The van der Waals surface area contributed by atoms with Gasteiger partial charge in [-0.05, 0) is 45.6 Å². The summed E-state index contributed by atoms with van der Waals surface area (Å²) >= 11 is 0. The molecule has 0 aromatic heterocycles. The quantitative estimate of drug-likeness (QED) is 0.337. The first kappa shape index (κ1) is 34.9. The number of rotatable bonds is 6. The van der Waals surface area contributed by atoms with Crippen LogP contribution in [0, 0.1) is 5.92 Å². The Kier molecular flexibility index (Phi) is 10.0. The smallest absolute Gasteiger partial charge is 0.277 e. The lowest BCUT2D eigenvalue weighted by molar-refractivity contribution is 0.315. The van der Waals surface area contributed by atoms with Gasteiger partial charge in [0.25, 0.3) is 0 Å². The maximum absolute atomic E-state index is 12.7. The van der Waals surface area contributed by atoms with Gasteiger partial charge in [0.2, 0.25) is 0 Å². The van der Waals surface area contributed by atoms with Crippen LogP contribution in [0.1, 0.15) is 169 Å². The molecule has 1 aliphatic heterocycles. The predicted octanol–water partition coefficient (Wildman–Crippen LogP) is 11.8. The van der Waals surface area contributed by atoms with Gasteiger partial charge in [-0.1, -0.05) is 141 Å². The van der Waals surface area contributed by atoms with Crippen molar-refractivity contribution >= 4 is 7.94 Å². The van der Waals surface area contributed by atoms with E-state index in [1.807, 2.05) is 0 Å². The summed E-state index contributed by atoms with van der Waals surface area (Å²) in [7, 11) is -3.34. The van der Waals surface area contributed by atoms with E-state index >= 15 is 0 Å². The van der Waals surface area contributed by atoms with Crippen molar-refractivity contribution in [1.29, 1.82) is 0 Å². The molecular weight excluding hydrogens is 535 g/mol. The van der Waals surface area contributed by atoms with Gasteiger partial charge in [0.1, 0.15) is 0 Å². The highest BCUT2D eigenvalue weighted by Crippen LogP contribution is 2.64. The molecule has 0 bridgehead atoms. The van der Waals surface area contributed by atoms with E-state index in [-0.39, 0.29) is 27.6 Å². The van der Waals surface area contributed by atoms with E-state index in [1.165, 1.54) is 11.1 Å². The Morgan fingerprint density at radius 3 is 1.40 bits per heavy atom. The molecule has 4 heteroatoms. The van der Waals surface area contributed by atoms with Crippen LogP contribution in [-0.2, 0) is 21.7 Å². The molecule has 236 valence electrons. The van der Waals surface area contributed by atoms with Crippen molar-refractivity contribution < 1.29 is 13.9 Å². The largest absolute Gasteiger partial charge is 0.495 e. The fourth-order valence-corrected chi connectivity index (χ4v) is 8.18. The summed E-state index contributed by atoms with van der Waals surface area (Å²) in [5.74, 6) is 2.02. The van der Waals surface area contributed by atoms with Gasteiger partial charge >= 0.3 is 7.94 Å². The Balaban J connectivity index is 2.49. The Bertz CT molecular complexity index is 1160. The van der Waals surface area contributed by atoms with Crippen molar-refractivity contribution in [1.82, 2.24) is 0 Å². The Morgan fingerprint density at radius 2 is 1.10 bits per heavy atom. The third-order valence-electron chi connectivity index (χ3n) is 9.02. The van der Waals surface area contributed by atoms with Crippen LogP contribution in [-0.4, -0.2) is 11.1 Å². The molecule has 0 amide bonds. The Morgan fingerprint density at radius 1 is 0.690 bits per heavy atom. The molecule has 42 heavy (non-hydrogen) atoms. The van der Waals surface area contributed by atoms with Gasteiger partial charge < -0.3 is 0 Å². The number of unbranched alkanes of at least 4 members (excludes halogenated alkanes) is 1. The molecule has 3 nitrogen and oxygen atoms in total. The van der Waals surface area contributed by atoms with Gasteiger partial charge in [0.05, 0.1) is 0 Å². The minimum atomic E-state index is -3.34. The Hall–Kier alpha value is -1.57. The van der Waals surface area contributed by atoms with E-state index in [0.29, 0.717) is 12.1 Å². The first-order valence-electron chi connectivity index (χ1n) is 16.4. The van der Waals surface area contributed by atoms with Gasteiger partial charge in [-0.15, -0.1) is 0 Å². The van der Waals surface area contributed by atoms with Crippen molar-refractivity contribution in [2.45, 2.75) is 157 Å². The first-order valence-corrected chi connectivity index (χ1v) is 18.2. The third kappa shape index (κ3) is 7.74. The second-order valence-corrected chi connectivity index (χ2v) is 19.0. The minimum absolute atomic E-state index is 0.0256. The topological polar surface area (TPSA) is 38.7 Å². The molecule has 1 atom stereocenters. The van der Waals surface area contributed by atoms with Crippen LogP contribution < -0.4 is 9.05 Å². The normalized spacial score (nSPS) is 20.5. The van der Waals surface area contributed by atoms with Crippen LogP contribution in [0.15, 0.2) is 24.3 Å². The number of hydrogen-bond donors (Lipinski definition) is 1. The van der Waals surface area contributed by atoms with Crippen molar-refractivity contribution in [2.75, 3.05) is 6.16 Å². The van der Waals surface area contributed by atoms with Crippen molar-refractivity contribution in [3.05, 3.63) is 57.6 Å². The maximum atomic E-state index is 12.7. The lowest BCUT2D eigenvalue weighted by Gasteiger charge is -2.36. The maximum Gasteiger partial charge on any atom is 0.495 e. The second kappa shape index (κ2) is 12.1. The summed E-state index contributed by atoms with van der Waals surface area (Å²) in [6.07, 6.45) is 4.89. The standard InChI is InChI=1S/C38H62O3P/c1-16-18-19-26(17-2)24-42(39)40-33-29(20-27(35(4,5)6)22-31(33)37(10,11)12)25(3)30-21-28(36(7,8)9)23-32(34(30)41-42)38(13,14)15/h20-23,25-26,39H,16-19,24H2,1-15H3/q+1. The highest BCUT2D eigenvalue weighted by atomic mass is 31.2. The minimum Gasteiger partial charge on any atom is -0.277 e. The number of benzene rings is 2. The summed E-state index contributed by atoms with van der Waals surface area (Å²) < 4.78 is 14.0. The average molecular weight is 598 g/mol. The molecule has 0 radical (unpaired) electrons. The highest BCUT2D eigenvalue weighted by Gasteiger charge is 2.51. The van der Waals surface area contributed by atoms with E-state index in [9.17, 15) is 4.89 Å². The van der Waals surface area contributed by atoms with Gasteiger partial charge in [-0.3, -0.25) is 9.05 Å². The molecule has 0 aliphatic carbocycles. The molecule has 1 N–H and O–H groups in total. The van der Waals surface area contributed by atoms with Crippen LogP contribution in [0.4, 0.5) is 0 Å². The predicted molar refractivity (Wildman–Crippen MR) is 184 cm³/mol. The summed E-state index contributed by atoms with van der Waals surface area (Å²) in [6.45, 7) is 34.0. The van der Waals surface area contributed by atoms with E-state index in [1.54, 1.807) is 0 Å². The summed E-state index contributed by atoms with van der Waals surface area (Å²) in [4.78, 5) is 12.7. The van der Waals surface area contributed by atoms with Crippen molar-refractivity contribution in [3.8, 4) is 11.5 Å². The SMILES string of the molecule is CCCCC(CC)C[P+]1(O)Oc2c(cc(C(C)(C)C)cc2C(C)(C)C)C(C)c2cc(C(C)(C)C)cc(C(C)(C)C)c2O1. The van der Waals surface area contributed by atoms with Gasteiger partial charge in [-0.2, -0.15) is 4.89 Å². The van der Waals surface area contributed by atoms with Crippen LogP contribution in [0.25, 0.3) is 0 Å². The summed E-state index contributed by atoms with van der Waals surface area (Å²) in [6, 6.07) is 9.34. The average Bonchev–Trinajstić information content (AvgIpc) is 2.82. The molecule has 1 aliphatic rings. The Labute approximate surface area is 259 Å². The van der Waals surface area contributed by atoms with Gasteiger partial charge in [-0.25, -0.2) is 0 Å². The van der Waals surface area contributed by atoms with Crippen molar-refractivity contribution in [3.63, 3.8) is 0 Å². The molecule has 2 aromatic carbocycles. The fraction of sp³-hybridized carbons (Fsp3) is 0.684. The molecule has 0 saturated carbocycles. The molecule has 0 spiro atoms. The number of hydrogen-bond acceptors (Lipinski definition) is 3. The lowest BCUT2D eigenvalue weighted by atomic mass is 9.74. The van der Waals surface area contributed by atoms with Crippen LogP contribution in [0.5, 0.6) is 11.5 Å². The highest BCUT2D eigenvalue weighted by molar-refractivity contribution is 7.61. The first-order chi connectivity index (χ1) is 19.0. The summed E-state index contributed by atoms with van der Waals surface area (Å²) in [5.41, 5.74) is 6.79. The van der Waals surface area contributed by atoms with Gasteiger partial charge in [0.15, 0.2) is 17.7 Å². The molecule has 3 rings (SSSR count). The zero-order valence-electron chi connectivity index (χ0n) is 29.7. The molecule has 0 saturated heterocycles. The van der Waals surface area contributed by atoms with Crippen LogP contribution >= 0.6 is 7.94 Å². The third-order valence-corrected chi connectivity index (χ3v) is 10.9. The lowest BCUT2D eigenvalue weighted by Crippen LogP contribution is -2.27. The van der Waals surface area contributed by atoms with E-state index in [4.69, 9.17) is 9.05 Å². The zero-order valence-corrected chi connectivity index (χ0v) is 30.6. The van der Waals surface area contributed by atoms with Crippen LogP contribution in [0.3, 0.4) is 0 Å². The van der Waals surface area contributed by atoms with E-state index in [0.717, 1.165) is 59.4 Å². The fourth-order valence-electron chi connectivity index (χ4n) is 5.92. The molecule has 0 fully saturated rings. The number of fused-ring (bicyclic) bond motifs is 2. The zero-order chi connectivity index (χ0) is 32.1. The molecule has 1 unspecified atom stereocenters. The summed E-state index contributed by atoms with van der Waals surface area (Å²) in [5, 5.41) is 0. The molecular formula is C38H62O3P+. The van der Waals surface area contributed by atoms with Crippen molar-refractivity contribution in [2.24, 2.45) is 5.92 Å².